The van der Waals surface area contributed by atoms with Crippen LogP contribution in [0.4, 0.5) is 4.79 Å². The van der Waals surface area contributed by atoms with E-state index in [1.807, 2.05) is 54.6 Å². The molecule has 1 saturated heterocycles. The molecule has 1 amide bonds. The number of para-hydroxylation sites is 1. The van der Waals surface area contributed by atoms with E-state index in [1.54, 1.807) is 0 Å². The van der Waals surface area contributed by atoms with Gasteiger partial charge in [0.15, 0.2) is 0 Å². The van der Waals surface area contributed by atoms with Gasteiger partial charge in [0.2, 0.25) is 5.88 Å². The van der Waals surface area contributed by atoms with Gasteiger partial charge in [-0.05, 0) is 44.6 Å². The van der Waals surface area contributed by atoms with Gasteiger partial charge < -0.3 is 19.9 Å². The molecule has 0 atom stereocenters. The van der Waals surface area contributed by atoms with Crippen molar-refractivity contribution in [1.82, 2.24) is 15.2 Å². The Kier molecular flexibility index (Phi) is 4.63. The Morgan fingerprint density at radius 3 is 2.54 bits per heavy atom. The van der Waals surface area contributed by atoms with Crippen LogP contribution in [0, 0.1) is 0 Å². The number of carbonyl (C=O) groups excluding carboxylic acids is 1. The summed E-state index contributed by atoms with van der Waals surface area (Å²) < 4.78 is 5.70. The quantitative estimate of drug-likeness (QED) is 0.751. The zero-order chi connectivity index (χ0) is 17.9. The average molecular weight is 349 g/mol. The van der Waals surface area contributed by atoms with Crippen LogP contribution in [0.2, 0.25) is 0 Å². The summed E-state index contributed by atoms with van der Waals surface area (Å²) in [5.74, 6) is 0.489. The van der Waals surface area contributed by atoms with Crippen LogP contribution < -0.4 is 10.1 Å². The van der Waals surface area contributed by atoms with Gasteiger partial charge in [-0.3, -0.25) is 0 Å². The van der Waals surface area contributed by atoms with Crippen LogP contribution in [-0.4, -0.2) is 42.2 Å². The predicted octanol–water partition coefficient (Wildman–Crippen LogP) is 4.02. The second-order valence-electron chi connectivity index (χ2n) is 6.85. The summed E-state index contributed by atoms with van der Waals surface area (Å²) in [4.78, 5) is 18.0. The molecule has 5 nitrogen and oxygen atoms in total. The van der Waals surface area contributed by atoms with E-state index in [-0.39, 0.29) is 6.04 Å². The number of nitrogens with one attached hydrogen (secondary N) is 2. The SMILES string of the molecule is CN1CCC(NC(=O)Oc2[nH]c3ccccc3c2-c2ccccc2)CC1. The van der Waals surface area contributed by atoms with E-state index in [4.69, 9.17) is 4.74 Å². The first-order valence-electron chi connectivity index (χ1n) is 9.04. The molecule has 26 heavy (non-hydrogen) atoms. The fourth-order valence-corrected chi connectivity index (χ4v) is 3.53. The van der Waals surface area contributed by atoms with Gasteiger partial charge in [-0.1, -0.05) is 48.5 Å². The van der Waals surface area contributed by atoms with Crippen LogP contribution in [0.3, 0.4) is 0 Å². The molecule has 134 valence electrons. The normalized spacial score (nSPS) is 15.9. The second kappa shape index (κ2) is 7.22. The molecular weight excluding hydrogens is 326 g/mol. The molecule has 0 aliphatic carbocycles. The summed E-state index contributed by atoms with van der Waals surface area (Å²) in [5, 5.41) is 4.05. The van der Waals surface area contributed by atoms with Gasteiger partial charge >= 0.3 is 6.09 Å². The molecule has 4 rings (SSSR count). The van der Waals surface area contributed by atoms with Crippen LogP contribution in [0.5, 0.6) is 5.88 Å². The molecule has 2 aromatic carbocycles. The Balaban J connectivity index is 1.59. The van der Waals surface area contributed by atoms with Crippen LogP contribution in [-0.2, 0) is 0 Å². The van der Waals surface area contributed by atoms with Crippen molar-refractivity contribution in [1.29, 1.82) is 0 Å². The van der Waals surface area contributed by atoms with Gasteiger partial charge in [0.25, 0.3) is 0 Å². The van der Waals surface area contributed by atoms with Gasteiger partial charge in [0.1, 0.15) is 0 Å². The number of carbonyl (C=O) groups is 1. The summed E-state index contributed by atoms with van der Waals surface area (Å²) in [5.41, 5.74) is 2.89. The molecule has 3 aromatic rings. The summed E-state index contributed by atoms with van der Waals surface area (Å²) in [7, 11) is 2.10. The average Bonchev–Trinajstić information content (AvgIpc) is 3.02. The highest BCUT2D eigenvalue weighted by atomic mass is 16.6. The number of hydrogen-bond donors (Lipinski definition) is 2. The number of piperidine rings is 1. The minimum Gasteiger partial charge on any atom is -0.393 e. The highest BCUT2D eigenvalue weighted by Gasteiger charge is 2.21. The first-order chi connectivity index (χ1) is 12.7. The number of fused-ring (bicyclic) bond motifs is 1. The Labute approximate surface area is 153 Å². The van der Waals surface area contributed by atoms with E-state index < -0.39 is 6.09 Å². The second-order valence-corrected chi connectivity index (χ2v) is 6.85. The molecule has 5 heteroatoms. The van der Waals surface area contributed by atoms with Gasteiger partial charge in [0, 0.05) is 16.9 Å². The lowest BCUT2D eigenvalue weighted by atomic mass is 10.0. The van der Waals surface area contributed by atoms with Crippen LogP contribution in [0.15, 0.2) is 54.6 Å². The molecule has 0 bridgehead atoms. The monoisotopic (exact) mass is 349 g/mol. The minimum absolute atomic E-state index is 0.170. The topological polar surface area (TPSA) is 57.4 Å². The van der Waals surface area contributed by atoms with E-state index in [1.165, 1.54) is 0 Å². The first kappa shape index (κ1) is 16.7. The van der Waals surface area contributed by atoms with Crippen molar-refractivity contribution in [2.24, 2.45) is 0 Å². The maximum Gasteiger partial charge on any atom is 0.414 e. The predicted molar refractivity (Wildman–Crippen MR) is 103 cm³/mol. The third-order valence-corrected chi connectivity index (χ3v) is 4.97. The number of aromatic amines is 1. The number of ether oxygens (including phenoxy) is 1. The fraction of sp³-hybridized carbons (Fsp3) is 0.286. The third-order valence-electron chi connectivity index (χ3n) is 4.97. The summed E-state index contributed by atoms with van der Waals surface area (Å²) >= 11 is 0. The number of rotatable bonds is 3. The van der Waals surface area contributed by atoms with E-state index in [0.29, 0.717) is 5.88 Å². The number of amides is 1. The fourth-order valence-electron chi connectivity index (χ4n) is 3.53. The van der Waals surface area contributed by atoms with Crippen molar-refractivity contribution in [2.45, 2.75) is 18.9 Å². The molecule has 2 N–H and O–H groups in total. The Hall–Kier alpha value is -2.79. The highest BCUT2D eigenvalue weighted by Crippen LogP contribution is 2.37. The Morgan fingerprint density at radius 1 is 1.08 bits per heavy atom. The lowest BCUT2D eigenvalue weighted by molar-refractivity contribution is 0.181. The van der Waals surface area contributed by atoms with Gasteiger partial charge in [-0.2, -0.15) is 0 Å². The number of aromatic nitrogens is 1. The molecule has 2 heterocycles. The number of benzene rings is 2. The van der Waals surface area contributed by atoms with E-state index in [2.05, 4.69) is 22.2 Å². The molecule has 1 fully saturated rings. The minimum atomic E-state index is -0.400. The molecule has 1 aliphatic rings. The van der Waals surface area contributed by atoms with E-state index in [0.717, 1.165) is 48.0 Å². The zero-order valence-corrected chi connectivity index (χ0v) is 14.9. The zero-order valence-electron chi connectivity index (χ0n) is 14.9. The number of H-pyrrole nitrogens is 1. The first-order valence-corrected chi connectivity index (χ1v) is 9.04. The molecule has 0 saturated carbocycles. The molecule has 1 aliphatic heterocycles. The molecule has 0 radical (unpaired) electrons. The van der Waals surface area contributed by atoms with Crippen LogP contribution in [0.1, 0.15) is 12.8 Å². The Bertz CT molecular complexity index is 896. The van der Waals surface area contributed by atoms with Crippen molar-refractivity contribution < 1.29 is 9.53 Å². The summed E-state index contributed by atoms with van der Waals surface area (Å²) in [6.07, 6.45) is 1.50. The van der Waals surface area contributed by atoms with Gasteiger partial charge in [-0.15, -0.1) is 0 Å². The van der Waals surface area contributed by atoms with Crippen molar-refractivity contribution in [3.05, 3.63) is 54.6 Å². The Morgan fingerprint density at radius 2 is 1.77 bits per heavy atom. The molecular formula is C21H23N3O2. The van der Waals surface area contributed by atoms with Crippen LogP contribution in [0.25, 0.3) is 22.0 Å². The van der Waals surface area contributed by atoms with E-state index >= 15 is 0 Å². The number of hydrogen-bond acceptors (Lipinski definition) is 3. The third kappa shape index (κ3) is 3.44. The molecule has 0 unspecified atom stereocenters. The van der Waals surface area contributed by atoms with Crippen molar-refractivity contribution >= 4 is 17.0 Å². The number of likely N-dealkylation sites (tertiary alicyclic amines) is 1. The maximum atomic E-state index is 12.5. The summed E-state index contributed by atoms with van der Waals surface area (Å²) in [6.45, 7) is 1.99. The molecule has 0 spiro atoms. The number of nitrogens with zero attached hydrogens (tertiary/aromatic N) is 1. The maximum absolute atomic E-state index is 12.5. The summed E-state index contributed by atoms with van der Waals surface area (Å²) in [6, 6.07) is 18.2. The van der Waals surface area contributed by atoms with E-state index in [9.17, 15) is 4.79 Å². The lowest BCUT2D eigenvalue weighted by Gasteiger charge is -2.29. The van der Waals surface area contributed by atoms with Crippen molar-refractivity contribution in [3.8, 4) is 17.0 Å². The van der Waals surface area contributed by atoms with Crippen molar-refractivity contribution in [3.63, 3.8) is 0 Å². The van der Waals surface area contributed by atoms with Gasteiger partial charge in [0.05, 0.1) is 5.56 Å². The largest absolute Gasteiger partial charge is 0.414 e. The molecule has 1 aromatic heterocycles. The lowest BCUT2D eigenvalue weighted by Crippen LogP contribution is -2.44. The highest BCUT2D eigenvalue weighted by molar-refractivity contribution is 5.99. The van der Waals surface area contributed by atoms with Gasteiger partial charge in [-0.25, -0.2) is 4.79 Å². The standard InChI is InChI=1S/C21H23N3O2/c1-24-13-11-16(12-14-24)22-21(25)26-20-19(15-7-3-2-4-8-15)17-9-5-6-10-18(17)23-20/h2-10,16,23H,11-14H2,1H3,(H,22,25). The van der Waals surface area contributed by atoms with Crippen LogP contribution >= 0.6 is 0 Å². The smallest absolute Gasteiger partial charge is 0.393 e. The van der Waals surface area contributed by atoms with Crippen molar-refractivity contribution in [2.75, 3.05) is 20.1 Å².